The lowest BCUT2D eigenvalue weighted by Crippen LogP contribution is -2.34. The number of para-hydroxylation sites is 1. The summed E-state index contributed by atoms with van der Waals surface area (Å²) in [5, 5.41) is 4.24. The maximum absolute atomic E-state index is 12.3. The number of aromatic nitrogens is 2. The number of benzene rings is 1. The molecule has 1 unspecified atom stereocenters. The molecule has 0 saturated carbocycles. The predicted octanol–water partition coefficient (Wildman–Crippen LogP) is 2.61. The van der Waals surface area contributed by atoms with Crippen LogP contribution in [-0.2, 0) is 7.05 Å². The molecule has 1 aromatic carbocycles. The number of carbonyl (C=O) groups excluding carboxylic acids is 1. The highest BCUT2D eigenvalue weighted by Gasteiger charge is 2.20. The van der Waals surface area contributed by atoms with E-state index in [1.54, 1.807) is 24.5 Å². The number of nitrogens with zero attached hydrogens (tertiary/aromatic N) is 3. The standard InChI is InChI=1S/C19H22N4O/c1-22(2)18(12-21-19(24)14-7-6-10-20-11-14)16-13-23(3)17-9-5-4-8-15(16)17/h4-11,13,18H,12H2,1-3H3,(H,21,24). The molecule has 0 radical (unpaired) electrons. The molecule has 2 aromatic heterocycles. The Bertz CT molecular complexity index is 839. The van der Waals surface area contributed by atoms with Crippen LogP contribution in [0.3, 0.4) is 0 Å². The second-order valence-corrected chi connectivity index (χ2v) is 6.14. The highest BCUT2D eigenvalue weighted by atomic mass is 16.1. The number of hydrogen-bond donors (Lipinski definition) is 1. The first kappa shape index (κ1) is 16.2. The van der Waals surface area contributed by atoms with Crippen LogP contribution in [0.1, 0.15) is 22.0 Å². The van der Waals surface area contributed by atoms with Crippen molar-refractivity contribution < 1.29 is 4.79 Å². The molecule has 1 atom stereocenters. The van der Waals surface area contributed by atoms with Crippen LogP contribution in [0.2, 0.25) is 0 Å². The van der Waals surface area contributed by atoms with Crippen LogP contribution >= 0.6 is 0 Å². The van der Waals surface area contributed by atoms with Crippen LogP contribution in [0.25, 0.3) is 10.9 Å². The number of nitrogens with one attached hydrogen (secondary N) is 1. The Morgan fingerprint density at radius 3 is 2.75 bits per heavy atom. The van der Waals surface area contributed by atoms with E-state index in [0.29, 0.717) is 12.1 Å². The van der Waals surface area contributed by atoms with Gasteiger partial charge >= 0.3 is 0 Å². The monoisotopic (exact) mass is 322 g/mol. The third-order valence-corrected chi connectivity index (χ3v) is 4.29. The largest absolute Gasteiger partial charge is 0.350 e. The number of rotatable bonds is 5. The molecule has 1 N–H and O–H groups in total. The lowest BCUT2D eigenvalue weighted by Gasteiger charge is -2.24. The molecular weight excluding hydrogens is 300 g/mol. The van der Waals surface area contributed by atoms with E-state index in [-0.39, 0.29) is 11.9 Å². The Balaban J connectivity index is 1.84. The SMILES string of the molecule is CN(C)C(CNC(=O)c1cccnc1)c1cn(C)c2ccccc12. The molecule has 0 fully saturated rings. The van der Waals surface area contributed by atoms with E-state index in [0.717, 1.165) is 0 Å². The van der Waals surface area contributed by atoms with E-state index in [1.807, 2.05) is 33.3 Å². The second kappa shape index (κ2) is 6.84. The Hall–Kier alpha value is -2.66. The van der Waals surface area contributed by atoms with Crippen LogP contribution in [0.4, 0.5) is 0 Å². The van der Waals surface area contributed by atoms with Crippen LogP contribution < -0.4 is 5.32 Å². The summed E-state index contributed by atoms with van der Waals surface area (Å²) < 4.78 is 2.13. The van der Waals surface area contributed by atoms with E-state index in [4.69, 9.17) is 0 Å². The molecule has 3 rings (SSSR count). The minimum Gasteiger partial charge on any atom is -0.350 e. The summed E-state index contributed by atoms with van der Waals surface area (Å²) in [7, 11) is 6.11. The quantitative estimate of drug-likeness (QED) is 0.785. The van der Waals surface area contributed by atoms with Gasteiger partial charge in [0.15, 0.2) is 0 Å². The maximum atomic E-state index is 12.3. The van der Waals surface area contributed by atoms with Gasteiger partial charge in [-0.25, -0.2) is 0 Å². The van der Waals surface area contributed by atoms with Gasteiger partial charge in [-0.05, 0) is 37.9 Å². The number of hydrogen-bond acceptors (Lipinski definition) is 3. The molecule has 0 bridgehead atoms. The number of carbonyl (C=O) groups is 1. The Morgan fingerprint density at radius 2 is 2.04 bits per heavy atom. The van der Waals surface area contributed by atoms with Gasteiger partial charge in [0.2, 0.25) is 0 Å². The third kappa shape index (κ3) is 3.16. The number of amides is 1. The zero-order chi connectivity index (χ0) is 17.1. The molecule has 0 saturated heterocycles. The van der Waals surface area contributed by atoms with Crippen molar-refractivity contribution in [3.8, 4) is 0 Å². The molecule has 5 heteroatoms. The lowest BCUT2D eigenvalue weighted by molar-refractivity contribution is 0.0941. The molecule has 0 spiro atoms. The summed E-state index contributed by atoms with van der Waals surface area (Å²) >= 11 is 0. The van der Waals surface area contributed by atoms with Crippen LogP contribution in [0, 0.1) is 0 Å². The van der Waals surface area contributed by atoms with Crippen molar-refractivity contribution in [1.82, 2.24) is 19.8 Å². The molecule has 124 valence electrons. The van der Waals surface area contributed by atoms with E-state index in [2.05, 4.69) is 38.1 Å². The van der Waals surface area contributed by atoms with Crippen molar-refractivity contribution >= 4 is 16.8 Å². The van der Waals surface area contributed by atoms with Gasteiger partial charge in [0.25, 0.3) is 5.91 Å². The zero-order valence-corrected chi connectivity index (χ0v) is 14.2. The second-order valence-electron chi connectivity index (χ2n) is 6.14. The minimum absolute atomic E-state index is 0.0942. The van der Waals surface area contributed by atoms with E-state index >= 15 is 0 Å². The number of aryl methyl sites for hydroxylation is 1. The van der Waals surface area contributed by atoms with Crippen molar-refractivity contribution in [2.75, 3.05) is 20.6 Å². The first-order valence-electron chi connectivity index (χ1n) is 7.96. The molecule has 1 amide bonds. The fraction of sp³-hybridized carbons (Fsp3) is 0.263. The molecule has 0 aliphatic carbocycles. The zero-order valence-electron chi connectivity index (χ0n) is 14.2. The summed E-state index contributed by atoms with van der Waals surface area (Å²) in [5.74, 6) is -0.102. The van der Waals surface area contributed by atoms with Gasteiger partial charge in [-0.1, -0.05) is 18.2 Å². The van der Waals surface area contributed by atoms with E-state index < -0.39 is 0 Å². The average Bonchev–Trinajstić information content (AvgIpc) is 2.93. The summed E-state index contributed by atoms with van der Waals surface area (Å²) in [6.45, 7) is 0.536. The van der Waals surface area contributed by atoms with Gasteiger partial charge in [0, 0.05) is 43.1 Å². The third-order valence-electron chi connectivity index (χ3n) is 4.29. The first-order valence-corrected chi connectivity index (χ1v) is 7.96. The highest BCUT2D eigenvalue weighted by molar-refractivity contribution is 5.93. The van der Waals surface area contributed by atoms with Gasteiger partial charge < -0.3 is 14.8 Å². The lowest BCUT2D eigenvalue weighted by atomic mass is 10.0. The van der Waals surface area contributed by atoms with Crippen LogP contribution in [-0.4, -0.2) is 41.0 Å². The van der Waals surface area contributed by atoms with Crippen LogP contribution in [0.5, 0.6) is 0 Å². The highest BCUT2D eigenvalue weighted by Crippen LogP contribution is 2.28. The molecule has 0 aliphatic heterocycles. The fourth-order valence-electron chi connectivity index (χ4n) is 3.00. The van der Waals surface area contributed by atoms with Crippen molar-refractivity contribution in [3.63, 3.8) is 0 Å². The molecule has 2 heterocycles. The van der Waals surface area contributed by atoms with Crippen molar-refractivity contribution in [1.29, 1.82) is 0 Å². The summed E-state index contributed by atoms with van der Waals surface area (Å²) in [6.07, 6.45) is 5.39. The number of fused-ring (bicyclic) bond motifs is 1. The molecule has 0 aliphatic rings. The smallest absolute Gasteiger partial charge is 0.252 e. The number of likely N-dealkylation sites (N-methyl/N-ethyl adjacent to an activating group) is 1. The van der Waals surface area contributed by atoms with Crippen molar-refractivity contribution in [3.05, 3.63) is 66.1 Å². The molecular formula is C19H22N4O. The van der Waals surface area contributed by atoms with Crippen molar-refractivity contribution in [2.45, 2.75) is 6.04 Å². The van der Waals surface area contributed by atoms with Gasteiger partial charge in [-0.15, -0.1) is 0 Å². The van der Waals surface area contributed by atoms with Crippen molar-refractivity contribution in [2.24, 2.45) is 7.05 Å². The molecule has 24 heavy (non-hydrogen) atoms. The van der Waals surface area contributed by atoms with Gasteiger partial charge in [-0.2, -0.15) is 0 Å². The minimum atomic E-state index is -0.102. The predicted molar refractivity (Wildman–Crippen MR) is 95.9 cm³/mol. The fourth-order valence-corrected chi connectivity index (χ4v) is 3.00. The van der Waals surface area contributed by atoms with E-state index in [9.17, 15) is 4.79 Å². The summed E-state index contributed by atoms with van der Waals surface area (Å²) in [4.78, 5) is 18.4. The Labute approximate surface area is 141 Å². The Kier molecular flexibility index (Phi) is 4.62. The topological polar surface area (TPSA) is 50.2 Å². The van der Waals surface area contributed by atoms with Gasteiger partial charge in [0.1, 0.15) is 0 Å². The normalized spacial score (nSPS) is 12.5. The Morgan fingerprint density at radius 1 is 1.25 bits per heavy atom. The number of pyridine rings is 1. The molecule has 3 aromatic rings. The summed E-state index contributed by atoms with van der Waals surface area (Å²) in [5.41, 5.74) is 2.98. The first-order chi connectivity index (χ1) is 11.6. The molecule has 5 nitrogen and oxygen atoms in total. The van der Waals surface area contributed by atoms with Gasteiger partial charge in [-0.3, -0.25) is 9.78 Å². The average molecular weight is 322 g/mol. The van der Waals surface area contributed by atoms with E-state index in [1.165, 1.54) is 16.5 Å². The maximum Gasteiger partial charge on any atom is 0.252 e. The van der Waals surface area contributed by atoms with Crippen LogP contribution in [0.15, 0.2) is 55.0 Å². The van der Waals surface area contributed by atoms with Gasteiger partial charge in [0.05, 0.1) is 11.6 Å². The summed E-state index contributed by atoms with van der Waals surface area (Å²) in [6, 6.07) is 12.0.